The largest absolute Gasteiger partial charge is 0.468 e. The van der Waals surface area contributed by atoms with Gasteiger partial charge in [-0.1, -0.05) is 13.8 Å². The van der Waals surface area contributed by atoms with Gasteiger partial charge in [0.2, 0.25) is 0 Å². The van der Waals surface area contributed by atoms with E-state index in [2.05, 4.69) is 18.7 Å². The maximum absolute atomic E-state index is 5.57. The summed E-state index contributed by atoms with van der Waals surface area (Å²) in [5.41, 5.74) is 7.30. The standard InChI is InChI=1S/C11H18N2O/c1-11(2)7-13(8-11)6-9-3-4-14-10(9)5-12/h3-4H,5-8,12H2,1-2H3. The van der Waals surface area contributed by atoms with Gasteiger partial charge in [0.05, 0.1) is 12.8 Å². The predicted octanol–water partition coefficient (Wildman–Crippen LogP) is 1.58. The topological polar surface area (TPSA) is 42.4 Å². The zero-order chi connectivity index (χ0) is 10.2. The molecule has 2 heterocycles. The van der Waals surface area contributed by atoms with Gasteiger partial charge in [0.15, 0.2) is 0 Å². The number of hydrogen-bond acceptors (Lipinski definition) is 3. The van der Waals surface area contributed by atoms with Crippen molar-refractivity contribution in [2.75, 3.05) is 13.1 Å². The molecule has 0 bridgehead atoms. The molecule has 0 atom stereocenters. The molecule has 1 aliphatic rings. The Labute approximate surface area is 84.9 Å². The smallest absolute Gasteiger partial charge is 0.121 e. The molecule has 0 saturated carbocycles. The Balaban J connectivity index is 1.93. The van der Waals surface area contributed by atoms with Gasteiger partial charge in [0.1, 0.15) is 5.76 Å². The Kier molecular flexibility index (Phi) is 2.37. The summed E-state index contributed by atoms with van der Waals surface area (Å²) < 4.78 is 5.28. The summed E-state index contributed by atoms with van der Waals surface area (Å²) in [7, 11) is 0. The van der Waals surface area contributed by atoms with E-state index in [1.165, 1.54) is 18.7 Å². The minimum atomic E-state index is 0.493. The highest BCUT2D eigenvalue weighted by Crippen LogP contribution is 2.30. The van der Waals surface area contributed by atoms with Crippen molar-refractivity contribution in [3.05, 3.63) is 23.7 Å². The summed E-state index contributed by atoms with van der Waals surface area (Å²) in [6.07, 6.45) is 1.72. The predicted molar refractivity (Wildman–Crippen MR) is 55.7 cm³/mol. The Morgan fingerprint density at radius 2 is 2.21 bits per heavy atom. The summed E-state index contributed by atoms with van der Waals surface area (Å²) in [5, 5.41) is 0. The zero-order valence-corrected chi connectivity index (χ0v) is 8.92. The van der Waals surface area contributed by atoms with Crippen molar-refractivity contribution in [3.8, 4) is 0 Å². The molecule has 0 aliphatic carbocycles. The highest BCUT2D eigenvalue weighted by Gasteiger charge is 2.34. The van der Waals surface area contributed by atoms with Gasteiger partial charge < -0.3 is 10.2 Å². The molecule has 0 aromatic carbocycles. The molecule has 2 N–H and O–H groups in total. The molecular weight excluding hydrogens is 176 g/mol. The average molecular weight is 194 g/mol. The Hall–Kier alpha value is -0.800. The van der Waals surface area contributed by atoms with E-state index in [4.69, 9.17) is 10.2 Å². The minimum absolute atomic E-state index is 0.493. The lowest BCUT2D eigenvalue weighted by atomic mass is 9.84. The maximum atomic E-state index is 5.57. The fourth-order valence-electron chi connectivity index (χ4n) is 2.20. The van der Waals surface area contributed by atoms with Gasteiger partial charge >= 0.3 is 0 Å². The van der Waals surface area contributed by atoms with E-state index in [0.717, 1.165) is 12.3 Å². The molecule has 0 amide bonds. The van der Waals surface area contributed by atoms with Gasteiger partial charge in [-0.05, 0) is 11.5 Å². The van der Waals surface area contributed by atoms with E-state index in [9.17, 15) is 0 Å². The van der Waals surface area contributed by atoms with E-state index in [1.54, 1.807) is 6.26 Å². The van der Waals surface area contributed by atoms with Gasteiger partial charge in [-0.3, -0.25) is 4.90 Å². The van der Waals surface area contributed by atoms with Gasteiger partial charge in [-0.2, -0.15) is 0 Å². The van der Waals surface area contributed by atoms with E-state index in [-0.39, 0.29) is 0 Å². The second kappa shape index (κ2) is 3.41. The van der Waals surface area contributed by atoms with Crippen molar-refractivity contribution in [3.63, 3.8) is 0 Å². The van der Waals surface area contributed by atoms with Crippen LogP contribution in [-0.4, -0.2) is 18.0 Å². The molecule has 78 valence electrons. The van der Waals surface area contributed by atoms with Gasteiger partial charge in [-0.25, -0.2) is 0 Å². The van der Waals surface area contributed by atoms with E-state index < -0.39 is 0 Å². The van der Waals surface area contributed by atoms with Crippen LogP contribution in [-0.2, 0) is 13.1 Å². The molecule has 1 fully saturated rings. The van der Waals surface area contributed by atoms with Crippen LogP contribution in [0.25, 0.3) is 0 Å². The SMILES string of the molecule is CC1(C)CN(Cc2ccoc2CN)C1. The minimum Gasteiger partial charge on any atom is -0.468 e. The van der Waals surface area contributed by atoms with Crippen molar-refractivity contribution in [2.24, 2.45) is 11.1 Å². The quantitative estimate of drug-likeness (QED) is 0.794. The first kappa shape index (κ1) is 9.74. The van der Waals surface area contributed by atoms with Crippen molar-refractivity contribution in [1.29, 1.82) is 0 Å². The first-order chi connectivity index (χ1) is 6.61. The van der Waals surface area contributed by atoms with Gasteiger partial charge in [0.25, 0.3) is 0 Å². The maximum Gasteiger partial charge on any atom is 0.121 e. The Bertz CT molecular complexity index is 309. The highest BCUT2D eigenvalue weighted by atomic mass is 16.3. The zero-order valence-electron chi connectivity index (χ0n) is 8.92. The van der Waals surface area contributed by atoms with Crippen molar-refractivity contribution in [1.82, 2.24) is 4.90 Å². The second-order valence-electron chi connectivity index (χ2n) is 4.88. The third kappa shape index (κ3) is 1.83. The normalized spacial score (nSPS) is 20.8. The highest BCUT2D eigenvalue weighted by molar-refractivity contribution is 5.17. The number of nitrogens with zero attached hydrogens (tertiary/aromatic N) is 1. The number of likely N-dealkylation sites (tertiary alicyclic amines) is 1. The van der Waals surface area contributed by atoms with E-state index >= 15 is 0 Å². The lowest BCUT2D eigenvalue weighted by molar-refractivity contribution is 0.0238. The van der Waals surface area contributed by atoms with Gasteiger partial charge in [0, 0.05) is 25.2 Å². The van der Waals surface area contributed by atoms with Crippen LogP contribution in [0.3, 0.4) is 0 Å². The Morgan fingerprint density at radius 1 is 1.50 bits per heavy atom. The molecular formula is C11H18N2O. The lowest BCUT2D eigenvalue weighted by Gasteiger charge is -2.45. The summed E-state index contributed by atoms with van der Waals surface area (Å²) in [5.74, 6) is 0.926. The molecule has 0 unspecified atom stereocenters. The summed E-state index contributed by atoms with van der Waals surface area (Å²) >= 11 is 0. The summed E-state index contributed by atoms with van der Waals surface area (Å²) in [4.78, 5) is 2.42. The van der Waals surface area contributed by atoms with Crippen LogP contribution in [0.15, 0.2) is 16.7 Å². The van der Waals surface area contributed by atoms with Crippen molar-refractivity contribution >= 4 is 0 Å². The summed E-state index contributed by atoms with van der Waals surface area (Å²) in [6.45, 7) is 8.40. The van der Waals surface area contributed by atoms with Crippen LogP contribution in [0.2, 0.25) is 0 Å². The fraction of sp³-hybridized carbons (Fsp3) is 0.636. The van der Waals surface area contributed by atoms with Crippen LogP contribution in [0.4, 0.5) is 0 Å². The molecule has 2 rings (SSSR count). The third-order valence-electron chi connectivity index (χ3n) is 2.72. The van der Waals surface area contributed by atoms with Gasteiger partial charge in [-0.15, -0.1) is 0 Å². The van der Waals surface area contributed by atoms with Crippen LogP contribution in [0, 0.1) is 5.41 Å². The van der Waals surface area contributed by atoms with Crippen LogP contribution in [0.1, 0.15) is 25.2 Å². The lowest BCUT2D eigenvalue weighted by Crippen LogP contribution is -2.52. The monoisotopic (exact) mass is 194 g/mol. The van der Waals surface area contributed by atoms with E-state index in [0.29, 0.717) is 12.0 Å². The second-order valence-corrected chi connectivity index (χ2v) is 4.88. The molecule has 3 heteroatoms. The van der Waals surface area contributed by atoms with Crippen LogP contribution < -0.4 is 5.73 Å². The van der Waals surface area contributed by atoms with Crippen LogP contribution in [0.5, 0.6) is 0 Å². The third-order valence-corrected chi connectivity index (χ3v) is 2.72. The molecule has 0 radical (unpaired) electrons. The number of furan rings is 1. The fourth-order valence-corrected chi connectivity index (χ4v) is 2.20. The molecule has 1 aromatic heterocycles. The first-order valence-corrected chi connectivity index (χ1v) is 5.08. The number of rotatable bonds is 3. The molecule has 1 aliphatic heterocycles. The average Bonchev–Trinajstić information content (AvgIpc) is 2.48. The van der Waals surface area contributed by atoms with Crippen molar-refractivity contribution < 1.29 is 4.42 Å². The Morgan fingerprint density at radius 3 is 2.79 bits per heavy atom. The molecule has 1 saturated heterocycles. The summed E-state index contributed by atoms with van der Waals surface area (Å²) in [6, 6.07) is 2.02. The van der Waals surface area contributed by atoms with Crippen LogP contribution >= 0.6 is 0 Å². The molecule has 14 heavy (non-hydrogen) atoms. The molecule has 0 spiro atoms. The van der Waals surface area contributed by atoms with Crippen molar-refractivity contribution in [2.45, 2.75) is 26.9 Å². The number of hydrogen-bond donors (Lipinski definition) is 1. The number of nitrogens with two attached hydrogens (primary N) is 1. The molecule has 1 aromatic rings. The molecule has 3 nitrogen and oxygen atoms in total. The van der Waals surface area contributed by atoms with E-state index in [1.807, 2.05) is 6.07 Å². The first-order valence-electron chi connectivity index (χ1n) is 5.08.